The largest absolute Gasteiger partial charge is 0.481 e. The summed E-state index contributed by atoms with van der Waals surface area (Å²) in [7, 11) is 0. The summed E-state index contributed by atoms with van der Waals surface area (Å²) >= 11 is 11.7. The maximum absolute atomic E-state index is 12.1. The number of amides is 1. The van der Waals surface area contributed by atoms with Crippen LogP contribution in [0.25, 0.3) is 0 Å². The number of rotatable bonds is 5. The van der Waals surface area contributed by atoms with Crippen LogP contribution in [-0.4, -0.2) is 16.9 Å². The van der Waals surface area contributed by atoms with Crippen molar-refractivity contribution in [1.29, 1.82) is 0 Å². The molecule has 0 unspecified atom stereocenters. The first kappa shape index (κ1) is 17.1. The molecule has 1 amide bonds. The van der Waals surface area contributed by atoms with Crippen LogP contribution in [0.1, 0.15) is 6.92 Å². The molecule has 0 aromatic heterocycles. The van der Waals surface area contributed by atoms with Gasteiger partial charge in [-0.15, -0.1) is 0 Å². The predicted molar refractivity (Wildman–Crippen MR) is 88.3 cm³/mol. The lowest BCUT2D eigenvalue weighted by Gasteiger charge is -2.15. The van der Waals surface area contributed by atoms with E-state index in [1.807, 2.05) is 6.07 Å². The molecule has 0 aliphatic carbocycles. The molecule has 1 N–H and O–H groups in total. The highest BCUT2D eigenvalue weighted by Gasteiger charge is 2.20. The maximum Gasteiger partial charge on any atom is 0.289 e. The number of hydrogen-bond donors (Lipinski definition) is 1. The van der Waals surface area contributed by atoms with Crippen molar-refractivity contribution in [2.75, 3.05) is 5.32 Å². The van der Waals surface area contributed by atoms with E-state index in [-0.39, 0.29) is 21.4 Å². The molecular weight excluding hydrogens is 343 g/mol. The van der Waals surface area contributed by atoms with Crippen molar-refractivity contribution in [3.05, 3.63) is 62.6 Å². The molecule has 0 fully saturated rings. The number of para-hydroxylation sites is 1. The third kappa shape index (κ3) is 4.34. The summed E-state index contributed by atoms with van der Waals surface area (Å²) in [5.41, 5.74) is -0.154. The van der Waals surface area contributed by atoms with E-state index in [0.717, 1.165) is 6.07 Å². The Labute approximate surface area is 142 Å². The van der Waals surface area contributed by atoms with E-state index < -0.39 is 16.9 Å². The molecule has 0 bridgehead atoms. The van der Waals surface area contributed by atoms with E-state index in [1.54, 1.807) is 31.2 Å². The standard InChI is InChI=1S/C15H12Cl2N2O4/c1-9(23-10-5-3-2-4-6-10)15(20)18-13-7-12(17)14(19(21)22)8-11(13)16/h2-9H,1H3,(H,18,20)/t9-/m0/s1. The number of nitrogens with zero attached hydrogens (tertiary/aromatic N) is 1. The second-order valence-electron chi connectivity index (χ2n) is 4.60. The second kappa shape index (κ2) is 7.30. The fraction of sp³-hybridized carbons (Fsp3) is 0.133. The van der Waals surface area contributed by atoms with Crippen LogP contribution in [-0.2, 0) is 4.79 Å². The third-order valence-corrected chi connectivity index (χ3v) is 3.53. The molecule has 2 rings (SSSR count). The zero-order valence-corrected chi connectivity index (χ0v) is 13.5. The lowest BCUT2D eigenvalue weighted by atomic mass is 10.2. The molecule has 0 saturated carbocycles. The molecule has 120 valence electrons. The zero-order chi connectivity index (χ0) is 17.0. The van der Waals surface area contributed by atoms with Crippen molar-refractivity contribution in [3.8, 4) is 5.75 Å². The highest BCUT2D eigenvalue weighted by molar-refractivity contribution is 6.37. The summed E-state index contributed by atoms with van der Waals surface area (Å²) in [5.74, 6) is 0.0867. The van der Waals surface area contributed by atoms with Crippen molar-refractivity contribution in [1.82, 2.24) is 0 Å². The molecule has 0 saturated heterocycles. The summed E-state index contributed by atoms with van der Waals surface area (Å²) in [6.07, 6.45) is -0.789. The van der Waals surface area contributed by atoms with Gasteiger partial charge in [0.1, 0.15) is 10.8 Å². The molecule has 2 aromatic rings. The molecule has 1 atom stereocenters. The summed E-state index contributed by atoms with van der Waals surface area (Å²) < 4.78 is 5.48. The van der Waals surface area contributed by atoms with Crippen molar-refractivity contribution in [2.45, 2.75) is 13.0 Å². The van der Waals surface area contributed by atoms with Crippen molar-refractivity contribution >= 4 is 40.5 Å². The van der Waals surface area contributed by atoms with Crippen LogP contribution in [0, 0.1) is 10.1 Å². The van der Waals surface area contributed by atoms with Gasteiger partial charge in [0.2, 0.25) is 0 Å². The lowest BCUT2D eigenvalue weighted by molar-refractivity contribution is -0.384. The predicted octanol–water partition coefficient (Wildman–Crippen LogP) is 4.31. The number of carbonyl (C=O) groups excluding carboxylic acids is 1. The van der Waals surface area contributed by atoms with Gasteiger partial charge in [-0.3, -0.25) is 14.9 Å². The SMILES string of the molecule is C[C@H](Oc1ccccc1)C(=O)Nc1cc(Cl)c([N+](=O)[O-])cc1Cl. The number of nitrogens with one attached hydrogen (secondary N) is 1. The van der Waals surface area contributed by atoms with E-state index in [1.165, 1.54) is 6.07 Å². The molecule has 6 nitrogen and oxygen atoms in total. The van der Waals surface area contributed by atoms with Gasteiger partial charge < -0.3 is 10.1 Å². The van der Waals surface area contributed by atoms with Gasteiger partial charge in [-0.2, -0.15) is 0 Å². The molecule has 23 heavy (non-hydrogen) atoms. The van der Waals surface area contributed by atoms with E-state index >= 15 is 0 Å². The normalized spacial score (nSPS) is 11.6. The van der Waals surface area contributed by atoms with E-state index in [0.29, 0.717) is 5.75 Å². The fourth-order valence-corrected chi connectivity index (χ4v) is 2.20. The average molecular weight is 355 g/mol. The smallest absolute Gasteiger partial charge is 0.289 e. The maximum atomic E-state index is 12.1. The number of anilines is 1. The van der Waals surface area contributed by atoms with E-state index in [9.17, 15) is 14.9 Å². The molecule has 0 aliphatic rings. The van der Waals surface area contributed by atoms with Gasteiger partial charge >= 0.3 is 0 Å². The number of ether oxygens (including phenoxy) is 1. The summed E-state index contributed by atoms with van der Waals surface area (Å²) in [6, 6.07) is 11.2. The van der Waals surface area contributed by atoms with Crippen LogP contribution in [0.5, 0.6) is 5.75 Å². The summed E-state index contributed by atoms with van der Waals surface area (Å²) in [4.78, 5) is 22.2. The number of halogens is 2. The Morgan fingerprint density at radius 2 is 1.87 bits per heavy atom. The average Bonchev–Trinajstić information content (AvgIpc) is 2.51. The molecule has 0 heterocycles. The van der Waals surface area contributed by atoms with Crippen LogP contribution in [0.4, 0.5) is 11.4 Å². The van der Waals surface area contributed by atoms with Gasteiger partial charge in [-0.05, 0) is 25.1 Å². The Bertz CT molecular complexity index is 738. The first-order chi connectivity index (χ1) is 10.9. The minimum absolute atomic E-state index is 0.0151. The first-order valence-electron chi connectivity index (χ1n) is 6.54. The van der Waals surface area contributed by atoms with Crippen molar-refractivity contribution < 1.29 is 14.5 Å². The highest BCUT2D eigenvalue weighted by Crippen LogP contribution is 2.34. The molecule has 2 aromatic carbocycles. The van der Waals surface area contributed by atoms with Gasteiger partial charge in [0, 0.05) is 6.07 Å². The Morgan fingerprint density at radius 3 is 2.48 bits per heavy atom. The number of benzene rings is 2. The van der Waals surface area contributed by atoms with Crippen LogP contribution >= 0.6 is 23.2 Å². The lowest BCUT2D eigenvalue weighted by Crippen LogP contribution is -2.30. The van der Waals surface area contributed by atoms with Crippen LogP contribution in [0.3, 0.4) is 0 Å². The van der Waals surface area contributed by atoms with Crippen LogP contribution in [0.15, 0.2) is 42.5 Å². The zero-order valence-electron chi connectivity index (χ0n) is 12.0. The third-order valence-electron chi connectivity index (χ3n) is 2.92. The molecule has 0 aliphatic heterocycles. The highest BCUT2D eigenvalue weighted by atomic mass is 35.5. The minimum Gasteiger partial charge on any atom is -0.481 e. The Balaban J connectivity index is 2.11. The molecule has 8 heteroatoms. The molecular formula is C15H12Cl2N2O4. The number of hydrogen-bond acceptors (Lipinski definition) is 4. The van der Waals surface area contributed by atoms with Gasteiger partial charge in [0.25, 0.3) is 11.6 Å². The monoisotopic (exact) mass is 354 g/mol. The number of nitro benzene ring substituents is 1. The van der Waals surface area contributed by atoms with Gasteiger partial charge in [0.15, 0.2) is 6.10 Å². The molecule has 0 radical (unpaired) electrons. The Morgan fingerprint density at radius 1 is 1.22 bits per heavy atom. The van der Waals surface area contributed by atoms with E-state index in [2.05, 4.69) is 5.32 Å². The first-order valence-corrected chi connectivity index (χ1v) is 7.30. The van der Waals surface area contributed by atoms with E-state index in [4.69, 9.17) is 27.9 Å². The second-order valence-corrected chi connectivity index (χ2v) is 5.42. The Kier molecular flexibility index (Phi) is 5.41. The topological polar surface area (TPSA) is 81.5 Å². The van der Waals surface area contributed by atoms with Gasteiger partial charge in [-0.1, -0.05) is 41.4 Å². The quantitative estimate of drug-likeness (QED) is 0.640. The summed E-state index contributed by atoms with van der Waals surface area (Å²) in [5, 5.41) is 13.2. The number of nitro groups is 1. The van der Waals surface area contributed by atoms with Gasteiger partial charge in [-0.25, -0.2) is 0 Å². The van der Waals surface area contributed by atoms with Gasteiger partial charge in [0.05, 0.1) is 15.6 Å². The summed E-state index contributed by atoms with van der Waals surface area (Å²) in [6.45, 7) is 1.57. The van der Waals surface area contributed by atoms with Crippen molar-refractivity contribution in [3.63, 3.8) is 0 Å². The number of carbonyl (C=O) groups is 1. The fourth-order valence-electron chi connectivity index (χ4n) is 1.76. The minimum atomic E-state index is -0.789. The van der Waals surface area contributed by atoms with Crippen LogP contribution < -0.4 is 10.1 Å². The Hall–Kier alpha value is -2.31. The van der Waals surface area contributed by atoms with Crippen molar-refractivity contribution in [2.24, 2.45) is 0 Å². The molecule has 0 spiro atoms. The van der Waals surface area contributed by atoms with Crippen LogP contribution in [0.2, 0.25) is 10.0 Å².